The molecule has 0 spiro atoms. The van der Waals surface area contributed by atoms with Crippen LogP contribution in [0, 0.1) is 5.92 Å². The molecule has 3 atom stereocenters. The Morgan fingerprint density at radius 3 is 2.88 bits per heavy atom. The van der Waals surface area contributed by atoms with Crippen LogP contribution in [0.1, 0.15) is 44.9 Å². The highest BCUT2D eigenvalue weighted by Gasteiger charge is 2.25. The molecule has 2 rings (SSSR count). The lowest BCUT2D eigenvalue weighted by Gasteiger charge is -2.25. The van der Waals surface area contributed by atoms with Crippen LogP contribution in [-0.2, 0) is 9.53 Å². The van der Waals surface area contributed by atoms with Crippen LogP contribution in [0.5, 0.6) is 0 Å². The van der Waals surface area contributed by atoms with Crippen molar-refractivity contribution < 1.29 is 9.53 Å². The highest BCUT2D eigenvalue weighted by atomic mass is 16.5. The van der Waals surface area contributed by atoms with Gasteiger partial charge >= 0.3 is 0 Å². The van der Waals surface area contributed by atoms with Crippen LogP contribution in [0.4, 0.5) is 0 Å². The molecular formula is C13H24N2O2. The van der Waals surface area contributed by atoms with Crippen LogP contribution >= 0.6 is 0 Å². The molecule has 0 radical (unpaired) electrons. The monoisotopic (exact) mass is 240 g/mol. The average molecular weight is 240 g/mol. The SMILES string of the molecule is NC1CCCC(C(=O)NCCC2CCCO2)C1. The predicted molar refractivity (Wildman–Crippen MR) is 66.5 cm³/mol. The molecule has 2 fully saturated rings. The number of amides is 1. The molecule has 1 amide bonds. The van der Waals surface area contributed by atoms with E-state index in [1.54, 1.807) is 0 Å². The van der Waals surface area contributed by atoms with Crippen molar-refractivity contribution in [3.05, 3.63) is 0 Å². The largest absolute Gasteiger partial charge is 0.378 e. The van der Waals surface area contributed by atoms with Gasteiger partial charge in [0.05, 0.1) is 6.10 Å². The van der Waals surface area contributed by atoms with Crippen molar-refractivity contribution in [2.45, 2.75) is 57.1 Å². The zero-order valence-corrected chi connectivity index (χ0v) is 10.5. The molecule has 1 aliphatic carbocycles. The van der Waals surface area contributed by atoms with Gasteiger partial charge in [0.15, 0.2) is 0 Å². The molecule has 98 valence electrons. The molecule has 1 heterocycles. The maximum atomic E-state index is 11.9. The van der Waals surface area contributed by atoms with Crippen molar-refractivity contribution in [2.75, 3.05) is 13.2 Å². The molecule has 0 aromatic rings. The van der Waals surface area contributed by atoms with E-state index in [9.17, 15) is 4.79 Å². The first kappa shape index (κ1) is 12.8. The van der Waals surface area contributed by atoms with Crippen molar-refractivity contribution in [2.24, 2.45) is 11.7 Å². The molecule has 4 heteroatoms. The molecule has 2 aliphatic rings. The second kappa shape index (κ2) is 6.36. The van der Waals surface area contributed by atoms with Gasteiger partial charge in [-0.3, -0.25) is 4.79 Å². The van der Waals surface area contributed by atoms with Crippen LogP contribution in [-0.4, -0.2) is 31.2 Å². The third kappa shape index (κ3) is 3.96. The van der Waals surface area contributed by atoms with E-state index in [2.05, 4.69) is 5.32 Å². The van der Waals surface area contributed by atoms with E-state index in [-0.39, 0.29) is 17.9 Å². The van der Waals surface area contributed by atoms with Crippen molar-refractivity contribution in [3.63, 3.8) is 0 Å². The van der Waals surface area contributed by atoms with E-state index < -0.39 is 0 Å². The third-order valence-electron chi connectivity index (χ3n) is 3.88. The Morgan fingerprint density at radius 2 is 2.18 bits per heavy atom. The summed E-state index contributed by atoms with van der Waals surface area (Å²) in [4.78, 5) is 11.9. The average Bonchev–Trinajstić information content (AvgIpc) is 2.82. The normalized spacial score (nSPS) is 33.6. The Balaban J connectivity index is 1.62. The highest BCUT2D eigenvalue weighted by molar-refractivity contribution is 5.78. The summed E-state index contributed by atoms with van der Waals surface area (Å²) >= 11 is 0. The van der Waals surface area contributed by atoms with Gasteiger partial charge in [-0.15, -0.1) is 0 Å². The van der Waals surface area contributed by atoms with E-state index in [0.717, 1.165) is 58.1 Å². The van der Waals surface area contributed by atoms with Gasteiger partial charge in [-0.25, -0.2) is 0 Å². The number of carbonyl (C=O) groups is 1. The van der Waals surface area contributed by atoms with Crippen LogP contribution in [0.2, 0.25) is 0 Å². The molecule has 3 N–H and O–H groups in total. The minimum Gasteiger partial charge on any atom is -0.378 e. The second-order valence-electron chi connectivity index (χ2n) is 5.34. The van der Waals surface area contributed by atoms with Gasteiger partial charge in [-0.2, -0.15) is 0 Å². The summed E-state index contributed by atoms with van der Waals surface area (Å²) in [6.07, 6.45) is 7.63. The number of ether oxygens (including phenoxy) is 1. The van der Waals surface area contributed by atoms with Crippen molar-refractivity contribution in [3.8, 4) is 0 Å². The highest BCUT2D eigenvalue weighted by Crippen LogP contribution is 2.23. The van der Waals surface area contributed by atoms with Crippen LogP contribution in [0.3, 0.4) is 0 Å². The molecule has 0 aromatic heterocycles. The molecule has 1 aliphatic heterocycles. The van der Waals surface area contributed by atoms with Gasteiger partial charge in [-0.05, 0) is 38.5 Å². The quantitative estimate of drug-likeness (QED) is 0.776. The lowest BCUT2D eigenvalue weighted by atomic mass is 9.85. The van der Waals surface area contributed by atoms with Crippen molar-refractivity contribution >= 4 is 5.91 Å². The Hall–Kier alpha value is -0.610. The minimum absolute atomic E-state index is 0.142. The smallest absolute Gasteiger partial charge is 0.223 e. The topological polar surface area (TPSA) is 64.4 Å². The lowest BCUT2D eigenvalue weighted by Crippen LogP contribution is -2.38. The van der Waals surface area contributed by atoms with Gasteiger partial charge in [0.25, 0.3) is 0 Å². The van der Waals surface area contributed by atoms with Gasteiger partial charge in [0, 0.05) is 25.1 Å². The van der Waals surface area contributed by atoms with Crippen molar-refractivity contribution in [1.82, 2.24) is 5.32 Å². The summed E-state index contributed by atoms with van der Waals surface area (Å²) < 4.78 is 5.53. The van der Waals surface area contributed by atoms with E-state index in [1.165, 1.54) is 0 Å². The zero-order valence-electron chi connectivity index (χ0n) is 10.5. The van der Waals surface area contributed by atoms with Crippen LogP contribution in [0.15, 0.2) is 0 Å². The summed E-state index contributed by atoms with van der Waals surface area (Å²) in [5, 5.41) is 3.03. The predicted octanol–water partition coefficient (Wildman–Crippen LogP) is 1.19. The molecular weight excluding hydrogens is 216 g/mol. The fraction of sp³-hybridized carbons (Fsp3) is 0.923. The lowest BCUT2D eigenvalue weighted by molar-refractivity contribution is -0.126. The standard InChI is InChI=1S/C13H24N2O2/c14-11-4-1-3-10(9-11)13(16)15-7-6-12-5-2-8-17-12/h10-12H,1-9,14H2,(H,15,16). The van der Waals surface area contributed by atoms with Gasteiger partial charge in [0.1, 0.15) is 0 Å². The molecule has 17 heavy (non-hydrogen) atoms. The second-order valence-corrected chi connectivity index (χ2v) is 5.34. The summed E-state index contributed by atoms with van der Waals surface area (Å²) in [6.45, 7) is 1.63. The summed E-state index contributed by atoms with van der Waals surface area (Å²) in [5.41, 5.74) is 5.89. The Bertz CT molecular complexity index is 252. The Labute approximate surface area is 103 Å². The van der Waals surface area contributed by atoms with E-state index in [1.807, 2.05) is 0 Å². The van der Waals surface area contributed by atoms with Gasteiger partial charge < -0.3 is 15.8 Å². The Morgan fingerprint density at radius 1 is 1.29 bits per heavy atom. The fourth-order valence-electron chi connectivity index (χ4n) is 2.84. The van der Waals surface area contributed by atoms with Crippen molar-refractivity contribution in [1.29, 1.82) is 0 Å². The number of nitrogens with one attached hydrogen (secondary N) is 1. The number of rotatable bonds is 4. The summed E-state index contributed by atoms with van der Waals surface area (Å²) in [5.74, 6) is 0.335. The molecule has 3 unspecified atom stereocenters. The van der Waals surface area contributed by atoms with Gasteiger partial charge in [-0.1, -0.05) is 6.42 Å². The van der Waals surface area contributed by atoms with E-state index in [0.29, 0.717) is 6.10 Å². The number of carbonyl (C=O) groups excluding carboxylic acids is 1. The maximum absolute atomic E-state index is 11.9. The zero-order chi connectivity index (χ0) is 12.1. The molecule has 0 bridgehead atoms. The first-order chi connectivity index (χ1) is 8.25. The molecule has 0 aromatic carbocycles. The number of hydrogen-bond donors (Lipinski definition) is 2. The summed E-state index contributed by atoms with van der Waals surface area (Å²) in [7, 11) is 0. The fourth-order valence-corrected chi connectivity index (χ4v) is 2.84. The summed E-state index contributed by atoms with van der Waals surface area (Å²) in [6, 6.07) is 0.220. The molecule has 1 saturated heterocycles. The van der Waals surface area contributed by atoms with Crippen LogP contribution in [0.25, 0.3) is 0 Å². The first-order valence-corrected chi connectivity index (χ1v) is 6.90. The Kier molecular flexibility index (Phi) is 4.80. The maximum Gasteiger partial charge on any atom is 0.223 e. The van der Waals surface area contributed by atoms with E-state index >= 15 is 0 Å². The first-order valence-electron chi connectivity index (χ1n) is 6.90. The number of hydrogen-bond acceptors (Lipinski definition) is 3. The van der Waals surface area contributed by atoms with E-state index in [4.69, 9.17) is 10.5 Å². The molecule has 4 nitrogen and oxygen atoms in total. The number of nitrogens with two attached hydrogens (primary N) is 1. The molecule has 1 saturated carbocycles. The minimum atomic E-state index is 0.142. The third-order valence-corrected chi connectivity index (χ3v) is 3.88. The van der Waals surface area contributed by atoms with Crippen LogP contribution < -0.4 is 11.1 Å². The van der Waals surface area contributed by atoms with Gasteiger partial charge in [0.2, 0.25) is 5.91 Å².